The first-order chi connectivity index (χ1) is 12.1. The molecule has 0 radical (unpaired) electrons. The summed E-state index contributed by atoms with van der Waals surface area (Å²) in [7, 11) is 4.00. The number of rotatable bonds is 5. The minimum Gasteiger partial charge on any atom is -0.336 e. The second-order valence-corrected chi connectivity index (χ2v) is 6.13. The van der Waals surface area contributed by atoms with Gasteiger partial charge in [0.05, 0.1) is 11.7 Å². The molecule has 0 aliphatic heterocycles. The number of likely N-dealkylation sites (N-methyl/N-ethyl adjacent to an activating group) is 1. The van der Waals surface area contributed by atoms with E-state index in [2.05, 4.69) is 37.7 Å². The maximum Gasteiger partial charge on any atom is 0.319 e. The monoisotopic (exact) mass is 338 g/mol. The molecule has 3 rings (SSSR count). The third-order valence-electron chi connectivity index (χ3n) is 4.16. The van der Waals surface area contributed by atoms with Crippen LogP contribution in [0.3, 0.4) is 0 Å². The Labute approximate surface area is 146 Å². The number of carbonyl (C=O) groups excluding carboxylic acids is 1. The van der Waals surface area contributed by atoms with E-state index in [1.54, 1.807) is 4.52 Å². The van der Waals surface area contributed by atoms with Crippen molar-refractivity contribution in [2.24, 2.45) is 0 Å². The number of aromatic nitrogens is 3. The van der Waals surface area contributed by atoms with Crippen molar-refractivity contribution in [3.05, 3.63) is 60.0 Å². The van der Waals surface area contributed by atoms with Crippen LogP contribution in [0.25, 0.3) is 5.65 Å². The molecule has 0 spiro atoms. The molecule has 0 bridgehead atoms. The minimum atomic E-state index is -0.262. The normalized spacial score (nSPS) is 12.3. The van der Waals surface area contributed by atoms with Crippen LogP contribution in [0.2, 0.25) is 0 Å². The van der Waals surface area contributed by atoms with Gasteiger partial charge in [0.2, 0.25) is 0 Å². The summed E-state index contributed by atoms with van der Waals surface area (Å²) in [5, 5.41) is 9.93. The van der Waals surface area contributed by atoms with E-state index in [0.717, 1.165) is 11.1 Å². The van der Waals surface area contributed by atoms with E-state index in [-0.39, 0.29) is 12.1 Å². The van der Waals surface area contributed by atoms with Crippen molar-refractivity contribution in [3.63, 3.8) is 0 Å². The third kappa shape index (κ3) is 3.77. The van der Waals surface area contributed by atoms with Gasteiger partial charge in [0.25, 0.3) is 0 Å². The predicted molar refractivity (Wildman–Crippen MR) is 97.6 cm³/mol. The molecule has 7 nitrogen and oxygen atoms in total. The van der Waals surface area contributed by atoms with Crippen LogP contribution < -0.4 is 10.6 Å². The Kier molecular flexibility index (Phi) is 4.95. The third-order valence-corrected chi connectivity index (χ3v) is 4.16. The minimum absolute atomic E-state index is 0.0944. The zero-order valence-electron chi connectivity index (χ0n) is 14.6. The highest BCUT2D eigenvalue weighted by Gasteiger charge is 2.16. The molecule has 130 valence electrons. The van der Waals surface area contributed by atoms with E-state index in [9.17, 15) is 4.79 Å². The molecule has 2 heterocycles. The van der Waals surface area contributed by atoms with Crippen molar-refractivity contribution in [1.29, 1.82) is 0 Å². The van der Waals surface area contributed by atoms with Gasteiger partial charge in [-0.2, -0.15) is 5.10 Å². The van der Waals surface area contributed by atoms with Crippen LogP contribution in [-0.2, 0) is 0 Å². The Morgan fingerprint density at radius 3 is 2.72 bits per heavy atom. The number of fused-ring (bicyclic) bond motifs is 1. The lowest BCUT2D eigenvalue weighted by Crippen LogP contribution is -2.37. The highest BCUT2D eigenvalue weighted by Crippen LogP contribution is 2.20. The first-order valence-electron chi connectivity index (χ1n) is 8.11. The number of amides is 2. The highest BCUT2D eigenvalue weighted by molar-refractivity contribution is 5.94. The van der Waals surface area contributed by atoms with Crippen molar-refractivity contribution in [3.8, 4) is 0 Å². The van der Waals surface area contributed by atoms with Crippen molar-refractivity contribution in [2.45, 2.75) is 13.0 Å². The van der Waals surface area contributed by atoms with Crippen molar-refractivity contribution in [1.82, 2.24) is 24.8 Å². The lowest BCUT2D eigenvalue weighted by molar-refractivity contribution is 0.243. The Morgan fingerprint density at radius 2 is 2.00 bits per heavy atom. The van der Waals surface area contributed by atoms with E-state index in [1.165, 1.54) is 6.33 Å². The smallest absolute Gasteiger partial charge is 0.319 e. The quantitative estimate of drug-likeness (QED) is 0.749. The maximum absolute atomic E-state index is 12.4. The molecule has 0 fully saturated rings. The topological polar surface area (TPSA) is 74.6 Å². The molecule has 0 aliphatic rings. The van der Waals surface area contributed by atoms with Gasteiger partial charge in [-0.15, -0.1) is 0 Å². The summed E-state index contributed by atoms with van der Waals surface area (Å²) in [5.74, 6) is 0. The SMILES string of the molecule is Cc1ccn2ncnc2c1NC(=O)NCC(c1ccccc1)N(C)C. The van der Waals surface area contributed by atoms with Gasteiger partial charge in [0.15, 0.2) is 5.65 Å². The Balaban J connectivity index is 1.69. The zero-order valence-corrected chi connectivity index (χ0v) is 14.6. The molecular weight excluding hydrogens is 316 g/mol. The fourth-order valence-corrected chi connectivity index (χ4v) is 2.76. The molecule has 2 N–H and O–H groups in total. The Morgan fingerprint density at radius 1 is 1.24 bits per heavy atom. The Bertz CT molecular complexity index is 858. The van der Waals surface area contributed by atoms with Crippen molar-refractivity contribution in [2.75, 3.05) is 26.0 Å². The average Bonchev–Trinajstić information content (AvgIpc) is 3.07. The first-order valence-corrected chi connectivity index (χ1v) is 8.11. The summed E-state index contributed by atoms with van der Waals surface area (Å²) in [6.45, 7) is 2.43. The van der Waals surface area contributed by atoms with Crippen LogP contribution in [0.15, 0.2) is 48.9 Å². The molecule has 2 aromatic heterocycles. The average molecular weight is 338 g/mol. The molecule has 7 heteroatoms. The number of nitrogens with zero attached hydrogens (tertiary/aromatic N) is 4. The summed E-state index contributed by atoms with van der Waals surface area (Å²) in [6.07, 6.45) is 3.29. The van der Waals surface area contributed by atoms with Crippen LogP contribution in [-0.4, -0.2) is 46.2 Å². The molecular formula is C18H22N6O. The van der Waals surface area contributed by atoms with Gasteiger partial charge >= 0.3 is 6.03 Å². The molecule has 0 saturated heterocycles. The number of benzene rings is 1. The maximum atomic E-state index is 12.4. The fraction of sp³-hybridized carbons (Fsp3) is 0.278. The number of hydrogen-bond donors (Lipinski definition) is 2. The summed E-state index contributed by atoms with van der Waals surface area (Å²) in [5.41, 5.74) is 3.38. The molecule has 0 aliphatic carbocycles. The second-order valence-electron chi connectivity index (χ2n) is 6.13. The zero-order chi connectivity index (χ0) is 17.8. The molecule has 0 saturated carbocycles. The number of aryl methyl sites for hydroxylation is 1. The van der Waals surface area contributed by atoms with E-state index < -0.39 is 0 Å². The van der Waals surface area contributed by atoms with Gasteiger partial charge < -0.3 is 15.5 Å². The lowest BCUT2D eigenvalue weighted by Gasteiger charge is -2.25. The second kappa shape index (κ2) is 7.31. The standard InChI is InChI=1S/C18H22N6O/c1-13-9-10-24-17(20-12-21-24)16(13)22-18(25)19-11-15(23(2)3)14-7-5-4-6-8-14/h4-10,12,15H,11H2,1-3H3,(H2,19,22,25). The molecule has 1 unspecified atom stereocenters. The number of nitrogens with one attached hydrogen (secondary N) is 2. The van der Waals surface area contributed by atoms with Crippen LogP contribution in [0.4, 0.5) is 10.5 Å². The number of urea groups is 1. The van der Waals surface area contributed by atoms with E-state index in [1.807, 2.05) is 51.5 Å². The summed E-state index contributed by atoms with van der Waals surface area (Å²) < 4.78 is 1.63. The van der Waals surface area contributed by atoms with Crippen molar-refractivity contribution < 1.29 is 4.79 Å². The van der Waals surface area contributed by atoms with Gasteiger partial charge in [-0.1, -0.05) is 30.3 Å². The van der Waals surface area contributed by atoms with Crippen LogP contribution in [0.5, 0.6) is 0 Å². The van der Waals surface area contributed by atoms with Gasteiger partial charge in [0, 0.05) is 12.7 Å². The van der Waals surface area contributed by atoms with E-state index >= 15 is 0 Å². The largest absolute Gasteiger partial charge is 0.336 e. The summed E-state index contributed by atoms with van der Waals surface area (Å²) in [4.78, 5) is 18.7. The van der Waals surface area contributed by atoms with Gasteiger partial charge in [-0.25, -0.2) is 14.3 Å². The van der Waals surface area contributed by atoms with Gasteiger partial charge in [-0.05, 0) is 38.2 Å². The van der Waals surface area contributed by atoms with Gasteiger partial charge in [-0.3, -0.25) is 0 Å². The number of pyridine rings is 1. The fourth-order valence-electron chi connectivity index (χ4n) is 2.76. The molecule has 25 heavy (non-hydrogen) atoms. The van der Waals surface area contributed by atoms with E-state index in [0.29, 0.717) is 17.9 Å². The number of hydrogen-bond acceptors (Lipinski definition) is 4. The number of carbonyl (C=O) groups is 1. The first kappa shape index (κ1) is 16.9. The van der Waals surface area contributed by atoms with Crippen LogP contribution >= 0.6 is 0 Å². The van der Waals surface area contributed by atoms with Crippen LogP contribution in [0.1, 0.15) is 17.2 Å². The number of anilines is 1. The molecule has 1 atom stereocenters. The van der Waals surface area contributed by atoms with Gasteiger partial charge in [0.1, 0.15) is 6.33 Å². The lowest BCUT2D eigenvalue weighted by atomic mass is 10.1. The van der Waals surface area contributed by atoms with Crippen molar-refractivity contribution >= 4 is 17.4 Å². The molecule has 1 aromatic carbocycles. The van der Waals surface area contributed by atoms with E-state index in [4.69, 9.17) is 0 Å². The molecule has 2 amide bonds. The predicted octanol–water partition coefficient (Wildman–Crippen LogP) is 2.46. The summed E-state index contributed by atoms with van der Waals surface area (Å²) >= 11 is 0. The summed E-state index contributed by atoms with van der Waals surface area (Å²) in [6, 6.07) is 11.8. The Hall–Kier alpha value is -2.93. The highest BCUT2D eigenvalue weighted by atomic mass is 16.2. The van der Waals surface area contributed by atoms with Crippen LogP contribution in [0, 0.1) is 6.92 Å². The molecule has 3 aromatic rings.